The minimum atomic E-state index is -0.128. The highest BCUT2D eigenvalue weighted by Gasteiger charge is 2.33. The first kappa shape index (κ1) is 16.9. The van der Waals surface area contributed by atoms with Gasteiger partial charge in [-0.05, 0) is 37.0 Å². The molecule has 1 aromatic carbocycles. The molecule has 2 atom stereocenters. The largest absolute Gasteiger partial charge is 0.341 e. The number of carbonyl (C=O) groups is 1. The van der Waals surface area contributed by atoms with Crippen LogP contribution in [0.2, 0.25) is 0 Å². The molecule has 1 saturated heterocycles. The van der Waals surface area contributed by atoms with Crippen LogP contribution in [0.25, 0.3) is 0 Å². The zero-order valence-electron chi connectivity index (χ0n) is 13.7. The molecular weight excluding hydrogens is 354 g/mol. The number of amides is 1. The fraction of sp³-hybridized carbons (Fsp3) is 0.611. The Balaban J connectivity index is 1.59. The topological polar surface area (TPSA) is 44.4 Å². The molecule has 2 N–H and O–H groups in total. The predicted octanol–water partition coefficient (Wildman–Crippen LogP) is 3.54. The Labute approximate surface area is 147 Å². The van der Waals surface area contributed by atoms with Crippen molar-refractivity contribution in [1.82, 2.24) is 15.8 Å². The maximum absolute atomic E-state index is 12.8. The number of halogens is 1. The van der Waals surface area contributed by atoms with Crippen LogP contribution >= 0.6 is 15.9 Å². The van der Waals surface area contributed by atoms with E-state index in [4.69, 9.17) is 0 Å². The molecule has 0 radical (unpaired) electrons. The quantitative estimate of drug-likeness (QED) is 0.789. The lowest BCUT2D eigenvalue weighted by atomic mass is 10.0. The Morgan fingerprint density at radius 1 is 1.09 bits per heavy atom. The van der Waals surface area contributed by atoms with E-state index in [1.807, 2.05) is 24.1 Å². The highest BCUT2D eigenvalue weighted by Crippen LogP contribution is 2.26. The van der Waals surface area contributed by atoms with Gasteiger partial charge in [-0.1, -0.05) is 53.7 Å². The molecular formula is C18H26BrN3O. The maximum Gasteiger partial charge on any atom is 0.241 e. The van der Waals surface area contributed by atoms with Crippen molar-refractivity contribution in [2.45, 2.75) is 63.1 Å². The molecule has 1 amide bonds. The predicted molar refractivity (Wildman–Crippen MR) is 95.8 cm³/mol. The summed E-state index contributed by atoms with van der Waals surface area (Å²) in [5.41, 5.74) is 7.70. The molecule has 0 aromatic heterocycles. The normalized spacial score (nSPS) is 26.0. The van der Waals surface area contributed by atoms with E-state index < -0.39 is 0 Å². The number of carbonyl (C=O) groups excluding carboxylic acids is 1. The van der Waals surface area contributed by atoms with Gasteiger partial charge < -0.3 is 4.90 Å². The fourth-order valence-electron chi connectivity index (χ4n) is 3.70. The summed E-state index contributed by atoms with van der Waals surface area (Å²) in [7, 11) is 1.98. The number of hydrogen-bond acceptors (Lipinski definition) is 3. The lowest BCUT2D eigenvalue weighted by molar-refractivity contribution is -0.134. The molecule has 5 heteroatoms. The zero-order valence-corrected chi connectivity index (χ0v) is 15.3. The number of hydrogen-bond donors (Lipinski definition) is 2. The standard InChI is InChI=1S/C18H26BrN3O/c1-22(15-6-4-2-3-5-7-15)18(23)17-12-16(20-21-17)13-8-10-14(19)11-9-13/h8-11,15-17,20-21H,2-7,12H2,1H3. The SMILES string of the molecule is CN(C(=O)C1CC(c2ccc(Br)cc2)NN1)C1CCCCCC1. The van der Waals surface area contributed by atoms with E-state index in [1.54, 1.807) is 0 Å². The summed E-state index contributed by atoms with van der Waals surface area (Å²) in [6.45, 7) is 0. The van der Waals surface area contributed by atoms with Gasteiger partial charge in [-0.15, -0.1) is 0 Å². The van der Waals surface area contributed by atoms with E-state index in [0.717, 1.165) is 23.7 Å². The molecule has 1 saturated carbocycles. The van der Waals surface area contributed by atoms with Crippen LogP contribution in [0.5, 0.6) is 0 Å². The lowest BCUT2D eigenvalue weighted by Gasteiger charge is -2.29. The van der Waals surface area contributed by atoms with Crippen molar-refractivity contribution in [1.29, 1.82) is 0 Å². The molecule has 4 nitrogen and oxygen atoms in total. The second kappa shape index (κ2) is 7.77. The molecule has 3 rings (SSSR count). The van der Waals surface area contributed by atoms with Gasteiger partial charge in [0.05, 0.1) is 0 Å². The summed E-state index contributed by atoms with van der Waals surface area (Å²) in [5, 5.41) is 0. The third-order valence-electron chi connectivity index (χ3n) is 5.19. The molecule has 0 bridgehead atoms. The van der Waals surface area contributed by atoms with E-state index in [0.29, 0.717) is 6.04 Å². The van der Waals surface area contributed by atoms with Crippen LogP contribution in [-0.4, -0.2) is 29.9 Å². The number of likely N-dealkylation sites (N-methyl/N-ethyl adjacent to an activating group) is 1. The van der Waals surface area contributed by atoms with E-state index in [1.165, 1.54) is 31.2 Å². The van der Waals surface area contributed by atoms with E-state index in [-0.39, 0.29) is 18.0 Å². The average Bonchev–Trinajstić information content (AvgIpc) is 2.89. The summed E-state index contributed by atoms with van der Waals surface area (Å²) in [4.78, 5) is 14.8. The van der Waals surface area contributed by atoms with Crippen LogP contribution in [0.4, 0.5) is 0 Å². The number of nitrogens with zero attached hydrogens (tertiary/aromatic N) is 1. The zero-order chi connectivity index (χ0) is 16.2. The fourth-order valence-corrected chi connectivity index (χ4v) is 3.97. The molecule has 1 heterocycles. The van der Waals surface area contributed by atoms with Gasteiger partial charge in [-0.2, -0.15) is 0 Å². The summed E-state index contributed by atoms with van der Waals surface area (Å²) in [6.07, 6.45) is 8.23. The summed E-state index contributed by atoms with van der Waals surface area (Å²) in [5.74, 6) is 0.226. The monoisotopic (exact) mass is 379 g/mol. The third-order valence-corrected chi connectivity index (χ3v) is 5.72. The molecule has 23 heavy (non-hydrogen) atoms. The first-order valence-electron chi connectivity index (χ1n) is 8.68. The minimum absolute atomic E-state index is 0.128. The van der Waals surface area contributed by atoms with Crippen molar-refractivity contribution in [3.63, 3.8) is 0 Å². The summed E-state index contributed by atoms with van der Waals surface area (Å²) in [6, 6.07) is 8.78. The highest BCUT2D eigenvalue weighted by molar-refractivity contribution is 9.10. The van der Waals surface area contributed by atoms with Crippen molar-refractivity contribution in [3.05, 3.63) is 34.3 Å². The minimum Gasteiger partial charge on any atom is -0.341 e. The van der Waals surface area contributed by atoms with E-state index >= 15 is 0 Å². The molecule has 1 aliphatic heterocycles. The van der Waals surface area contributed by atoms with Gasteiger partial charge in [0.15, 0.2) is 0 Å². The van der Waals surface area contributed by atoms with Gasteiger partial charge in [0.2, 0.25) is 5.91 Å². The lowest BCUT2D eigenvalue weighted by Crippen LogP contribution is -2.47. The van der Waals surface area contributed by atoms with Crippen molar-refractivity contribution < 1.29 is 4.79 Å². The average molecular weight is 380 g/mol. The third kappa shape index (κ3) is 4.14. The van der Waals surface area contributed by atoms with E-state index in [2.05, 4.69) is 38.9 Å². The van der Waals surface area contributed by atoms with Crippen molar-refractivity contribution in [3.8, 4) is 0 Å². The summed E-state index contributed by atoms with van der Waals surface area (Å²) >= 11 is 3.46. The number of benzene rings is 1. The smallest absolute Gasteiger partial charge is 0.241 e. The molecule has 2 unspecified atom stereocenters. The number of nitrogens with one attached hydrogen (secondary N) is 2. The Morgan fingerprint density at radius 2 is 1.74 bits per heavy atom. The van der Waals surface area contributed by atoms with Gasteiger partial charge in [0.1, 0.15) is 6.04 Å². The van der Waals surface area contributed by atoms with Gasteiger partial charge in [0.25, 0.3) is 0 Å². The second-order valence-electron chi connectivity index (χ2n) is 6.78. The first-order valence-corrected chi connectivity index (χ1v) is 9.47. The Bertz CT molecular complexity index is 526. The van der Waals surface area contributed by atoms with Gasteiger partial charge >= 0.3 is 0 Å². The van der Waals surface area contributed by atoms with Crippen molar-refractivity contribution in [2.75, 3.05) is 7.05 Å². The van der Waals surface area contributed by atoms with Crippen molar-refractivity contribution in [2.24, 2.45) is 0 Å². The van der Waals surface area contributed by atoms with Gasteiger partial charge in [0, 0.05) is 23.6 Å². The summed E-state index contributed by atoms with van der Waals surface area (Å²) < 4.78 is 1.08. The number of hydrazine groups is 1. The molecule has 2 fully saturated rings. The first-order chi connectivity index (χ1) is 11.1. The molecule has 0 spiro atoms. The molecule has 2 aliphatic rings. The van der Waals surface area contributed by atoms with Crippen LogP contribution in [-0.2, 0) is 4.79 Å². The van der Waals surface area contributed by atoms with Crippen LogP contribution < -0.4 is 10.9 Å². The Kier molecular flexibility index (Phi) is 5.72. The second-order valence-corrected chi connectivity index (χ2v) is 7.69. The van der Waals surface area contributed by atoms with Gasteiger partial charge in [-0.3, -0.25) is 4.79 Å². The van der Waals surface area contributed by atoms with E-state index in [9.17, 15) is 4.79 Å². The van der Waals surface area contributed by atoms with Crippen LogP contribution in [0.1, 0.15) is 56.6 Å². The highest BCUT2D eigenvalue weighted by atomic mass is 79.9. The molecule has 1 aliphatic carbocycles. The molecule has 1 aromatic rings. The van der Waals surface area contributed by atoms with Crippen LogP contribution in [0.15, 0.2) is 28.7 Å². The molecule has 126 valence electrons. The van der Waals surface area contributed by atoms with Crippen LogP contribution in [0, 0.1) is 0 Å². The van der Waals surface area contributed by atoms with Crippen molar-refractivity contribution >= 4 is 21.8 Å². The van der Waals surface area contributed by atoms with Crippen LogP contribution in [0.3, 0.4) is 0 Å². The number of rotatable bonds is 3. The van der Waals surface area contributed by atoms with Gasteiger partial charge in [-0.25, -0.2) is 10.9 Å². The maximum atomic E-state index is 12.8. The Hall–Kier alpha value is -0.910. The Morgan fingerprint density at radius 3 is 2.39 bits per heavy atom.